The van der Waals surface area contributed by atoms with Crippen molar-refractivity contribution in [3.05, 3.63) is 107 Å². The maximum atomic E-state index is 13.2. The normalized spacial score (nSPS) is 22.2. The predicted molar refractivity (Wildman–Crippen MR) is 274 cm³/mol. The fraction of sp³-hybridized carbons (Fsp3) is 0.491. The first-order valence-corrected chi connectivity index (χ1v) is 25.7. The number of ketones is 1. The molecule has 0 bridgehead atoms. The SMILES string of the molecule is COC(=O)c1cc(O)cc(OCc2cn(CCOCCOCCO[C@@H]3O[C@H](COC(C)=O)[C@@H](O[C@@H]4O[C@H](COC(C)=O)[C@H](OC(C)=O)[C@H](OCc5ccc(C(=O)c6ccccc6)cc5)[C@H]4OC(C)=O)[C@H](OC(C)=O)[C@H]3OC(C)=O)nn2)c1. The van der Waals surface area contributed by atoms with Crippen LogP contribution in [0.1, 0.15) is 79.1 Å². The maximum absolute atomic E-state index is 13.2. The van der Waals surface area contributed by atoms with Crippen LogP contribution in [0, 0.1) is 0 Å². The maximum Gasteiger partial charge on any atom is 0.338 e. The summed E-state index contributed by atoms with van der Waals surface area (Å²) in [6, 6.07) is 19.1. The molecule has 27 heteroatoms. The summed E-state index contributed by atoms with van der Waals surface area (Å²) >= 11 is 0. The minimum atomic E-state index is -1.79. The lowest BCUT2D eigenvalue weighted by molar-refractivity contribution is -0.363. The molecule has 0 spiro atoms. The Labute approximate surface area is 470 Å². The molecule has 2 saturated heterocycles. The van der Waals surface area contributed by atoms with Crippen molar-refractivity contribution >= 4 is 47.6 Å². The highest BCUT2D eigenvalue weighted by Gasteiger charge is 2.57. The number of methoxy groups -OCH3 is 1. The quantitative estimate of drug-likeness (QED) is 0.0353. The van der Waals surface area contributed by atoms with Crippen LogP contribution in [0.2, 0.25) is 0 Å². The van der Waals surface area contributed by atoms with E-state index in [9.17, 15) is 43.5 Å². The molecule has 0 saturated carbocycles. The van der Waals surface area contributed by atoms with E-state index in [-0.39, 0.29) is 69.1 Å². The molecular formula is C55H65N3O24. The Bertz CT molecular complexity index is 2790. The summed E-state index contributed by atoms with van der Waals surface area (Å²) in [6.07, 6.45) is -13.9. The molecule has 6 rings (SSSR count). The van der Waals surface area contributed by atoms with E-state index in [1.165, 1.54) is 30.0 Å². The van der Waals surface area contributed by atoms with Crippen molar-refractivity contribution in [3.63, 3.8) is 0 Å². The van der Waals surface area contributed by atoms with Gasteiger partial charge >= 0.3 is 41.8 Å². The Kier molecular flexibility index (Phi) is 24.2. The largest absolute Gasteiger partial charge is 0.508 e. The second-order valence-corrected chi connectivity index (χ2v) is 18.3. The van der Waals surface area contributed by atoms with E-state index in [0.717, 1.165) is 41.5 Å². The zero-order valence-corrected chi connectivity index (χ0v) is 46.0. The van der Waals surface area contributed by atoms with Crippen molar-refractivity contribution in [2.45, 2.75) is 123 Å². The number of aromatic nitrogens is 3. The lowest BCUT2D eigenvalue weighted by atomic mass is 9.96. The van der Waals surface area contributed by atoms with Crippen molar-refractivity contribution in [3.8, 4) is 11.5 Å². The van der Waals surface area contributed by atoms with Crippen LogP contribution in [-0.4, -0.2) is 182 Å². The average Bonchev–Trinajstić information content (AvgIpc) is 3.01. The molecule has 0 aliphatic carbocycles. The smallest absolute Gasteiger partial charge is 0.338 e. The fourth-order valence-electron chi connectivity index (χ4n) is 8.45. The number of esters is 7. The number of hydrogen-bond acceptors (Lipinski definition) is 26. The minimum Gasteiger partial charge on any atom is -0.508 e. The Morgan fingerprint density at radius 3 is 1.74 bits per heavy atom. The van der Waals surface area contributed by atoms with Gasteiger partial charge in [0.15, 0.2) is 42.8 Å². The third-order valence-corrected chi connectivity index (χ3v) is 11.9. The van der Waals surface area contributed by atoms with Gasteiger partial charge in [-0.2, -0.15) is 0 Å². The third kappa shape index (κ3) is 19.4. The van der Waals surface area contributed by atoms with E-state index < -0.39 is 116 Å². The van der Waals surface area contributed by atoms with Crippen molar-refractivity contribution in [1.82, 2.24) is 15.0 Å². The molecule has 444 valence electrons. The van der Waals surface area contributed by atoms with Gasteiger partial charge in [-0.15, -0.1) is 5.10 Å². The summed E-state index contributed by atoms with van der Waals surface area (Å²) in [5.41, 5.74) is 1.95. The van der Waals surface area contributed by atoms with E-state index in [4.69, 9.17) is 71.1 Å². The molecule has 27 nitrogen and oxygen atoms in total. The van der Waals surface area contributed by atoms with Gasteiger partial charge < -0.3 is 76.2 Å². The van der Waals surface area contributed by atoms with Gasteiger partial charge in [-0.05, 0) is 17.7 Å². The van der Waals surface area contributed by atoms with Crippen LogP contribution in [0.3, 0.4) is 0 Å². The minimum absolute atomic E-state index is 0.00838. The van der Waals surface area contributed by atoms with Crippen molar-refractivity contribution in [2.75, 3.05) is 53.4 Å². The second kappa shape index (κ2) is 31.3. The number of benzene rings is 3. The summed E-state index contributed by atoms with van der Waals surface area (Å²) in [4.78, 5) is 101. The van der Waals surface area contributed by atoms with Crippen molar-refractivity contribution in [1.29, 1.82) is 0 Å². The Hall–Kier alpha value is -7.92. The molecule has 3 heterocycles. The van der Waals surface area contributed by atoms with Gasteiger partial charge in [-0.1, -0.05) is 59.8 Å². The molecule has 82 heavy (non-hydrogen) atoms. The first kappa shape index (κ1) is 63.3. The standard InChI is InChI=1S/C55H65N3O24/c1-31(59)72-29-44-47(76-33(3)61)49(75-27-37-13-15-39(16-14-37)46(66)38-11-9-8-10-12-38)51(78-35(5)63)55(81-44)82-48-45(30-73-32(2)60)80-54(52(79-36(6)64)50(48)77-34(4)62)71-22-21-70-20-19-69-18-17-58-26-41(56-57-58)28-74-43-24-40(53(67)68-7)23-42(65)25-43/h8-16,23-26,44-45,47-52,54-55,65H,17-22,27-30H2,1-7H3/t44-,45-,47+,48-,49+,50+,51-,52-,54-,55+/m1/s1. The highest BCUT2D eigenvalue weighted by molar-refractivity contribution is 6.08. The number of carbonyl (C=O) groups excluding carboxylic acids is 8. The number of nitrogens with zero attached hydrogens (tertiary/aromatic N) is 3. The molecular weight excluding hydrogens is 1090 g/mol. The predicted octanol–water partition coefficient (Wildman–Crippen LogP) is 2.90. The first-order valence-electron chi connectivity index (χ1n) is 25.7. The molecule has 0 radical (unpaired) electrons. The number of aromatic hydroxyl groups is 1. The van der Waals surface area contributed by atoms with Gasteiger partial charge in [0.05, 0.1) is 65.1 Å². The summed E-state index contributed by atoms with van der Waals surface area (Å²) in [7, 11) is 1.22. The van der Waals surface area contributed by atoms with Crippen LogP contribution < -0.4 is 4.74 Å². The number of hydrogen-bond donors (Lipinski definition) is 1. The Morgan fingerprint density at radius 2 is 1.12 bits per heavy atom. The summed E-state index contributed by atoms with van der Waals surface area (Å²) in [5.74, 6) is -5.80. The molecule has 10 atom stereocenters. The van der Waals surface area contributed by atoms with Crippen LogP contribution in [0.15, 0.2) is 79.0 Å². The van der Waals surface area contributed by atoms with Crippen LogP contribution in [-0.2, 0) is 115 Å². The molecule has 4 aromatic rings. The first-order chi connectivity index (χ1) is 39.3. The molecule has 0 unspecified atom stereocenters. The summed E-state index contributed by atoms with van der Waals surface area (Å²) < 4.78 is 88.6. The van der Waals surface area contributed by atoms with Gasteiger partial charge in [0, 0.05) is 58.7 Å². The highest BCUT2D eigenvalue weighted by atomic mass is 16.8. The second-order valence-electron chi connectivity index (χ2n) is 18.3. The molecule has 2 aliphatic rings. The third-order valence-electron chi connectivity index (χ3n) is 11.9. The van der Waals surface area contributed by atoms with E-state index in [0.29, 0.717) is 28.9 Å². The van der Waals surface area contributed by atoms with Crippen LogP contribution >= 0.6 is 0 Å². The van der Waals surface area contributed by atoms with E-state index in [2.05, 4.69) is 10.3 Å². The van der Waals surface area contributed by atoms with Crippen LogP contribution in [0.4, 0.5) is 0 Å². The number of phenols is 1. The summed E-state index contributed by atoms with van der Waals surface area (Å²) in [5, 5.41) is 18.1. The lowest BCUT2D eigenvalue weighted by Gasteiger charge is -2.49. The Balaban J connectivity index is 1.13. The van der Waals surface area contributed by atoms with Crippen LogP contribution in [0.5, 0.6) is 11.5 Å². The highest BCUT2D eigenvalue weighted by Crippen LogP contribution is 2.36. The molecule has 2 aliphatic heterocycles. The molecule has 2 fully saturated rings. The van der Waals surface area contributed by atoms with Crippen LogP contribution in [0.25, 0.3) is 0 Å². The lowest BCUT2D eigenvalue weighted by Crippen LogP contribution is -2.67. The van der Waals surface area contributed by atoms with E-state index in [1.807, 2.05) is 0 Å². The summed E-state index contributed by atoms with van der Waals surface area (Å²) in [6.45, 7) is 5.73. The molecule has 3 aromatic carbocycles. The van der Waals surface area contributed by atoms with E-state index in [1.54, 1.807) is 60.8 Å². The monoisotopic (exact) mass is 1150 g/mol. The Morgan fingerprint density at radius 1 is 0.561 bits per heavy atom. The van der Waals surface area contributed by atoms with Crippen molar-refractivity contribution in [2.24, 2.45) is 0 Å². The van der Waals surface area contributed by atoms with Gasteiger partial charge in [0.25, 0.3) is 0 Å². The van der Waals surface area contributed by atoms with Gasteiger partial charge in [-0.3, -0.25) is 33.6 Å². The number of rotatable bonds is 29. The molecule has 1 aromatic heterocycles. The number of ether oxygens (including phenoxy) is 15. The topological polar surface area (TPSA) is 326 Å². The molecule has 1 N–H and O–H groups in total. The molecule has 0 amide bonds. The number of carbonyl (C=O) groups is 8. The average molecular weight is 1150 g/mol. The van der Waals surface area contributed by atoms with Gasteiger partial charge in [0.2, 0.25) is 0 Å². The fourth-order valence-corrected chi connectivity index (χ4v) is 8.45. The number of phenolic OH excluding ortho intramolecular Hbond substituents is 1. The van der Waals surface area contributed by atoms with Gasteiger partial charge in [0.1, 0.15) is 61.4 Å². The zero-order valence-electron chi connectivity index (χ0n) is 46.0. The zero-order chi connectivity index (χ0) is 59.3. The van der Waals surface area contributed by atoms with E-state index >= 15 is 0 Å². The van der Waals surface area contributed by atoms with Crippen molar-refractivity contribution < 1.29 is 115 Å². The van der Waals surface area contributed by atoms with Gasteiger partial charge in [-0.25, -0.2) is 9.48 Å².